The van der Waals surface area contributed by atoms with E-state index in [9.17, 15) is 0 Å². The summed E-state index contributed by atoms with van der Waals surface area (Å²) < 4.78 is 0. The predicted molar refractivity (Wildman–Crippen MR) is 88.0 cm³/mol. The largest absolute Gasteiger partial charge is 0.322 e. The molecule has 0 aliphatic heterocycles. The maximum absolute atomic E-state index is 6.48. The standard InChI is InChI=1S/C17H29N.ClH/c1-4-5-6-7-8-11-14-17(3,18)16-13-10-9-12-15(16)2;/h9-10,12-13H,4-8,11,14,18H2,1-3H3;1H. The minimum Gasteiger partial charge on any atom is -0.322 e. The Bertz CT molecular complexity index is 347. The molecule has 0 saturated carbocycles. The highest BCUT2D eigenvalue weighted by Gasteiger charge is 2.21. The zero-order valence-corrected chi connectivity index (χ0v) is 13.6. The Morgan fingerprint density at radius 2 is 1.58 bits per heavy atom. The number of hydrogen-bond acceptors (Lipinski definition) is 1. The summed E-state index contributed by atoms with van der Waals surface area (Å²) >= 11 is 0. The van der Waals surface area contributed by atoms with Crippen molar-refractivity contribution >= 4 is 12.4 Å². The van der Waals surface area contributed by atoms with E-state index in [0.717, 1.165) is 6.42 Å². The molecule has 1 aromatic carbocycles. The second kappa shape index (κ2) is 9.39. The topological polar surface area (TPSA) is 26.0 Å². The van der Waals surface area contributed by atoms with E-state index in [-0.39, 0.29) is 17.9 Å². The van der Waals surface area contributed by atoms with Gasteiger partial charge < -0.3 is 5.73 Å². The summed E-state index contributed by atoms with van der Waals surface area (Å²) in [4.78, 5) is 0. The van der Waals surface area contributed by atoms with Crippen LogP contribution in [0.5, 0.6) is 0 Å². The van der Waals surface area contributed by atoms with Crippen LogP contribution in [-0.4, -0.2) is 0 Å². The molecule has 0 aliphatic rings. The summed E-state index contributed by atoms with van der Waals surface area (Å²) in [5.74, 6) is 0. The van der Waals surface area contributed by atoms with Gasteiger partial charge in [-0.05, 0) is 31.4 Å². The fourth-order valence-corrected chi connectivity index (χ4v) is 2.62. The molecule has 1 atom stereocenters. The Hall–Kier alpha value is -0.530. The second-order valence-corrected chi connectivity index (χ2v) is 5.75. The van der Waals surface area contributed by atoms with Crippen LogP contribution in [0, 0.1) is 6.92 Å². The van der Waals surface area contributed by atoms with E-state index >= 15 is 0 Å². The minimum absolute atomic E-state index is 0. The average Bonchev–Trinajstić information content (AvgIpc) is 2.34. The molecular weight excluding hydrogens is 254 g/mol. The lowest BCUT2D eigenvalue weighted by molar-refractivity contribution is 0.419. The van der Waals surface area contributed by atoms with Gasteiger partial charge in [-0.15, -0.1) is 12.4 Å². The van der Waals surface area contributed by atoms with Crippen LogP contribution in [0.15, 0.2) is 24.3 Å². The first kappa shape index (κ1) is 18.5. The van der Waals surface area contributed by atoms with Crippen molar-refractivity contribution in [3.05, 3.63) is 35.4 Å². The van der Waals surface area contributed by atoms with Gasteiger partial charge in [-0.2, -0.15) is 0 Å². The zero-order valence-electron chi connectivity index (χ0n) is 12.7. The molecule has 0 spiro atoms. The minimum atomic E-state index is -0.171. The molecule has 0 amide bonds. The lowest BCUT2D eigenvalue weighted by atomic mass is 9.85. The van der Waals surface area contributed by atoms with Crippen molar-refractivity contribution in [2.45, 2.75) is 71.3 Å². The first-order valence-electron chi connectivity index (χ1n) is 7.43. The Labute approximate surface area is 125 Å². The lowest BCUT2D eigenvalue weighted by Crippen LogP contribution is -2.33. The van der Waals surface area contributed by atoms with Crippen LogP contribution < -0.4 is 5.73 Å². The fraction of sp³-hybridized carbons (Fsp3) is 0.647. The van der Waals surface area contributed by atoms with Gasteiger partial charge >= 0.3 is 0 Å². The van der Waals surface area contributed by atoms with Crippen LogP contribution in [0.1, 0.15) is 69.9 Å². The van der Waals surface area contributed by atoms with Crippen LogP contribution in [0.3, 0.4) is 0 Å². The van der Waals surface area contributed by atoms with Gasteiger partial charge in [-0.3, -0.25) is 0 Å². The summed E-state index contributed by atoms with van der Waals surface area (Å²) in [6.45, 7) is 6.58. The molecule has 1 nitrogen and oxygen atoms in total. The molecule has 0 radical (unpaired) electrons. The van der Waals surface area contributed by atoms with Crippen molar-refractivity contribution in [3.63, 3.8) is 0 Å². The summed E-state index contributed by atoms with van der Waals surface area (Å²) in [6.07, 6.45) is 9.07. The van der Waals surface area contributed by atoms with Crippen molar-refractivity contribution in [2.24, 2.45) is 5.73 Å². The van der Waals surface area contributed by atoms with E-state index in [1.807, 2.05) is 0 Å². The highest BCUT2D eigenvalue weighted by atomic mass is 35.5. The third-order valence-corrected chi connectivity index (χ3v) is 3.81. The summed E-state index contributed by atoms with van der Waals surface area (Å²) in [5.41, 5.74) is 8.93. The van der Waals surface area contributed by atoms with Gasteiger partial charge in [0, 0.05) is 5.54 Å². The number of unbranched alkanes of at least 4 members (excludes halogenated alkanes) is 5. The molecule has 19 heavy (non-hydrogen) atoms. The summed E-state index contributed by atoms with van der Waals surface area (Å²) in [6, 6.07) is 8.50. The summed E-state index contributed by atoms with van der Waals surface area (Å²) in [5, 5.41) is 0. The lowest BCUT2D eigenvalue weighted by Gasteiger charge is -2.27. The van der Waals surface area contributed by atoms with E-state index < -0.39 is 0 Å². The molecule has 0 aromatic heterocycles. The average molecular weight is 284 g/mol. The Morgan fingerprint density at radius 3 is 2.21 bits per heavy atom. The van der Waals surface area contributed by atoms with E-state index in [1.54, 1.807) is 0 Å². The summed E-state index contributed by atoms with van der Waals surface area (Å²) in [7, 11) is 0. The first-order chi connectivity index (χ1) is 8.58. The predicted octanol–water partition coefficient (Wildman–Crippen LogP) is 5.34. The van der Waals surface area contributed by atoms with E-state index in [0.29, 0.717) is 0 Å². The molecule has 1 unspecified atom stereocenters. The van der Waals surface area contributed by atoms with E-state index in [1.165, 1.54) is 49.7 Å². The highest BCUT2D eigenvalue weighted by Crippen LogP contribution is 2.27. The second-order valence-electron chi connectivity index (χ2n) is 5.75. The molecular formula is C17H30ClN. The third-order valence-electron chi connectivity index (χ3n) is 3.81. The van der Waals surface area contributed by atoms with Gasteiger partial charge in [0.1, 0.15) is 0 Å². The molecule has 0 fully saturated rings. The SMILES string of the molecule is CCCCCCCCC(C)(N)c1ccccc1C.Cl. The van der Waals surface area contributed by atoms with Crippen LogP contribution >= 0.6 is 12.4 Å². The number of hydrogen-bond donors (Lipinski definition) is 1. The smallest absolute Gasteiger partial charge is 0.0383 e. The Balaban J connectivity index is 0.00000324. The van der Waals surface area contributed by atoms with Gasteiger partial charge in [0.25, 0.3) is 0 Å². The van der Waals surface area contributed by atoms with Crippen LogP contribution in [0.25, 0.3) is 0 Å². The Morgan fingerprint density at radius 1 is 1.00 bits per heavy atom. The van der Waals surface area contributed by atoms with Gasteiger partial charge in [-0.25, -0.2) is 0 Å². The molecule has 0 bridgehead atoms. The molecule has 1 rings (SSSR count). The van der Waals surface area contributed by atoms with Gasteiger partial charge in [-0.1, -0.05) is 69.7 Å². The molecule has 1 aromatic rings. The van der Waals surface area contributed by atoms with Crippen LogP contribution in [-0.2, 0) is 5.54 Å². The van der Waals surface area contributed by atoms with Crippen molar-refractivity contribution in [1.82, 2.24) is 0 Å². The zero-order chi connectivity index (χ0) is 13.4. The van der Waals surface area contributed by atoms with Crippen molar-refractivity contribution in [2.75, 3.05) is 0 Å². The maximum atomic E-state index is 6.48. The molecule has 0 heterocycles. The number of rotatable bonds is 8. The monoisotopic (exact) mass is 283 g/mol. The molecule has 0 saturated heterocycles. The maximum Gasteiger partial charge on any atom is 0.0383 e. The van der Waals surface area contributed by atoms with Crippen LogP contribution in [0.2, 0.25) is 0 Å². The third kappa shape index (κ3) is 6.44. The Kier molecular flexibility index (Phi) is 9.12. The number of aryl methyl sites for hydroxylation is 1. The number of nitrogens with two attached hydrogens (primary N) is 1. The van der Waals surface area contributed by atoms with Gasteiger partial charge in [0.05, 0.1) is 0 Å². The number of benzene rings is 1. The van der Waals surface area contributed by atoms with Gasteiger partial charge in [0.15, 0.2) is 0 Å². The van der Waals surface area contributed by atoms with Gasteiger partial charge in [0.2, 0.25) is 0 Å². The van der Waals surface area contributed by atoms with Crippen molar-refractivity contribution in [1.29, 1.82) is 0 Å². The highest BCUT2D eigenvalue weighted by molar-refractivity contribution is 5.85. The number of halogens is 1. The molecule has 2 heteroatoms. The molecule has 2 N–H and O–H groups in total. The first-order valence-corrected chi connectivity index (χ1v) is 7.43. The van der Waals surface area contributed by atoms with Crippen molar-refractivity contribution in [3.8, 4) is 0 Å². The normalized spacial score (nSPS) is 13.7. The van der Waals surface area contributed by atoms with E-state index in [2.05, 4.69) is 45.0 Å². The van der Waals surface area contributed by atoms with Crippen LogP contribution in [0.4, 0.5) is 0 Å². The van der Waals surface area contributed by atoms with Crippen molar-refractivity contribution < 1.29 is 0 Å². The quantitative estimate of drug-likeness (QED) is 0.640. The molecule has 110 valence electrons. The van der Waals surface area contributed by atoms with E-state index in [4.69, 9.17) is 5.73 Å². The molecule has 0 aliphatic carbocycles. The fourth-order valence-electron chi connectivity index (χ4n) is 2.62.